The summed E-state index contributed by atoms with van der Waals surface area (Å²) in [7, 11) is 0. The van der Waals surface area contributed by atoms with E-state index >= 15 is 0 Å². The number of ether oxygens (including phenoxy) is 1. The van der Waals surface area contributed by atoms with E-state index in [1.807, 2.05) is 6.07 Å². The van der Waals surface area contributed by atoms with Crippen molar-refractivity contribution in [3.05, 3.63) is 33.9 Å². The number of nitrogens with zero attached hydrogens (tertiary/aromatic N) is 1. The molecule has 1 aromatic rings. The van der Waals surface area contributed by atoms with Crippen LogP contribution in [-0.2, 0) is 4.74 Å². The number of nitro groups is 1. The van der Waals surface area contributed by atoms with Crippen molar-refractivity contribution in [3.63, 3.8) is 0 Å². The van der Waals surface area contributed by atoms with Gasteiger partial charge in [-0.2, -0.15) is 0 Å². The number of hydrogen-bond donors (Lipinski definition) is 1. The first-order valence-electron chi connectivity index (χ1n) is 5.74. The van der Waals surface area contributed by atoms with Gasteiger partial charge in [0.25, 0.3) is 5.69 Å². The second kappa shape index (κ2) is 5.14. The molecule has 1 atom stereocenters. The highest BCUT2D eigenvalue weighted by Crippen LogP contribution is 2.25. The van der Waals surface area contributed by atoms with Gasteiger partial charge in [-0.3, -0.25) is 10.1 Å². The third-order valence-corrected chi connectivity index (χ3v) is 3.11. The van der Waals surface area contributed by atoms with Crippen LogP contribution >= 0.6 is 0 Å². The Kier molecular flexibility index (Phi) is 3.58. The monoisotopic (exact) mass is 236 g/mol. The molecule has 1 N–H and O–H groups in total. The molecule has 92 valence electrons. The molecule has 1 aliphatic rings. The first-order valence-corrected chi connectivity index (χ1v) is 5.74. The summed E-state index contributed by atoms with van der Waals surface area (Å²) in [5.74, 6) is 0.508. The first kappa shape index (κ1) is 11.9. The molecule has 0 aromatic heterocycles. The lowest BCUT2D eigenvalue weighted by molar-refractivity contribution is -0.385. The second-order valence-electron chi connectivity index (χ2n) is 4.32. The Hall–Kier alpha value is -1.62. The van der Waals surface area contributed by atoms with E-state index in [4.69, 9.17) is 4.74 Å². The average molecular weight is 236 g/mol. The van der Waals surface area contributed by atoms with Crippen LogP contribution < -0.4 is 5.32 Å². The van der Waals surface area contributed by atoms with E-state index in [9.17, 15) is 10.1 Å². The van der Waals surface area contributed by atoms with Crippen molar-refractivity contribution in [3.8, 4) is 0 Å². The highest BCUT2D eigenvalue weighted by Gasteiger charge is 2.17. The van der Waals surface area contributed by atoms with Crippen molar-refractivity contribution in [1.82, 2.24) is 0 Å². The molecule has 1 aliphatic heterocycles. The maximum absolute atomic E-state index is 10.8. The lowest BCUT2D eigenvalue weighted by Gasteiger charge is -2.12. The van der Waals surface area contributed by atoms with Gasteiger partial charge in [-0.15, -0.1) is 0 Å². The average Bonchev–Trinajstić information content (AvgIpc) is 2.80. The van der Waals surface area contributed by atoms with E-state index in [1.165, 1.54) is 6.07 Å². The molecular formula is C12H16N2O3. The Morgan fingerprint density at radius 2 is 2.41 bits per heavy atom. The van der Waals surface area contributed by atoms with Gasteiger partial charge in [0.15, 0.2) is 0 Å². The van der Waals surface area contributed by atoms with Gasteiger partial charge in [0.2, 0.25) is 0 Å². The zero-order valence-corrected chi connectivity index (χ0v) is 9.81. The van der Waals surface area contributed by atoms with Gasteiger partial charge < -0.3 is 10.1 Å². The van der Waals surface area contributed by atoms with Gasteiger partial charge in [-0.05, 0) is 19.4 Å². The fourth-order valence-electron chi connectivity index (χ4n) is 2.01. The van der Waals surface area contributed by atoms with Crippen molar-refractivity contribution in [1.29, 1.82) is 0 Å². The van der Waals surface area contributed by atoms with E-state index in [1.54, 1.807) is 13.0 Å². The van der Waals surface area contributed by atoms with Crippen LogP contribution in [0.1, 0.15) is 12.0 Å². The molecule has 0 amide bonds. The molecule has 1 heterocycles. The first-order chi connectivity index (χ1) is 8.18. The zero-order chi connectivity index (χ0) is 12.3. The van der Waals surface area contributed by atoms with Crippen LogP contribution in [0.2, 0.25) is 0 Å². The molecule has 17 heavy (non-hydrogen) atoms. The molecule has 0 bridgehead atoms. The van der Waals surface area contributed by atoms with Gasteiger partial charge in [-0.1, -0.05) is 6.07 Å². The summed E-state index contributed by atoms with van der Waals surface area (Å²) in [6, 6.07) is 5.11. The minimum absolute atomic E-state index is 0.165. The molecule has 1 unspecified atom stereocenters. The Labute approximate surface area is 99.9 Å². The summed E-state index contributed by atoms with van der Waals surface area (Å²) in [6.07, 6.45) is 1.06. The van der Waals surface area contributed by atoms with Gasteiger partial charge in [0, 0.05) is 36.4 Å². The van der Waals surface area contributed by atoms with Crippen LogP contribution in [0, 0.1) is 23.0 Å². The van der Waals surface area contributed by atoms with Gasteiger partial charge in [-0.25, -0.2) is 0 Å². The van der Waals surface area contributed by atoms with Crippen molar-refractivity contribution in [2.75, 3.05) is 25.1 Å². The smallest absolute Gasteiger partial charge is 0.274 e. The highest BCUT2D eigenvalue weighted by atomic mass is 16.6. The summed E-state index contributed by atoms with van der Waals surface area (Å²) in [5.41, 5.74) is 1.69. The number of hydrogen-bond acceptors (Lipinski definition) is 4. The predicted octanol–water partition coefficient (Wildman–Crippen LogP) is 2.35. The number of benzene rings is 1. The number of anilines is 1. The molecule has 5 heteroatoms. The van der Waals surface area contributed by atoms with Crippen LogP contribution in [0.5, 0.6) is 0 Å². The lowest BCUT2D eigenvalue weighted by atomic mass is 10.1. The molecule has 1 saturated heterocycles. The van der Waals surface area contributed by atoms with E-state index in [-0.39, 0.29) is 10.6 Å². The summed E-state index contributed by atoms with van der Waals surface area (Å²) < 4.78 is 5.29. The topological polar surface area (TPSA) is 64.4 Å². The van der Waals surface area contributed by atoms with E-state index < -0.39 is 0 Å². The number of nitro benzene ring substituents is 1. The Morgan fingerprint density at radius 1 is 1.59 bits per heavy atom. The standard InChI is InChI=1S/C12H16N2O3/c1-9-11(3-2-4-12(9)14(15)16)13-7-10-5-6-17-8-10/h2-4,10,13H,5-8H2,1H3. The Balaban J connectivity index is 2.04. The third-order valence-electron chi connectivity index (χ3n) is 3.11. The summed E-state index contributed by atoms with van der Waals surface area (Å²) >= 11 is 0. The van der Waals surface area contributed by atoms with Crippen LogP contribution in [0.3, 0.4) is 0 Å². The van der Waals surface area contributed by atoms with Gasteiger partial charge in [0.1, 0.15) is 0 Å². The van der Waals surface area contributed by atoms with Crippen molar-refractivity contribution < 1.29 is 9.66 Å². The lowest BCUT2D eigenvalue weighted by Crippen LogP contribution is -2.14. The highest BCUT2D eigenvalue weighted by molar-refractivity contribution is 5.59. The van der Waals surface area contributed by atoms with Crippen LogP contribution in [-0.4, -0.2) is 24.7 Å². The maximum Gasteiger partial charge on any atom is 0.274 e. The normalized spacial score (nSPS) is 19.2. The second-order valence-corrected chi connectivity index (χ2v) is 4.32. The fourth-order valence-corrected chi connectivity index (χ4v) is 2.01. The van der Waals surface area contributed by atoms with E-state index in [0.717, 1.165) is 31.9 Å². The van der Waals surface area contributed by atoms with Crippen LogP contribution in [0.25, 0.3) is 0 Å². The largest absolute Gasteiger partial charge is 0.384 e. The van der Waals surface area contributed by atoms with Gasteiger partial charge in [0.05, 0.1) is 11.5 Å². The minimum Gasteiger partial charge on any atom is -0.384 e. The van der Waals surface area contributed by atoms with E-state index in [2.05, 4.69) is 5.32 Å². The fraction of sp³-hybridized carbons (Fsp3) is 0.500. The SMILES string of the molecule is Cc1c(NCC2CCOC2)cccc1[N+](=O)[O-]. The number of nitrogens with one attached hydrogen (secondary N) is 1. The molecular weight excluding hydrogens is 220 g/mol. The summed E-state index contributed by atoms with van der Waals surface area (Å²) in [4.78, 5) is 10.4. The quantitative estimate of drug-likeness (QED) is 0.643. The molecule has 0 saturated carbocycles. The minimum atomic E-state index is -0.348. The Morgan fingerprint density at radius 3 is 3.06 bits per heavy atom. The van der Waals surface area contributed by atoms with Crippen molar-refractivity contribution in [2.24, 2.45) is 5.92 Å². The molecule has 0 aliphatic carbocycles. The third kappa shape index (κ3) is 2.74. The predicted molar refractivity (Wildman–Crippen MR) is 65.2 cm³/mol. The molecule has 0 spiro atoms. The van der Waals surface area contributed by atoms with Crippen molar-refractivity contribution in [2.45, 2.75) is 13.3 Å². The molecule has 0 radical (unpaired) electrons. The van der Waals surface area contributed by atoms with Crippen LogP contribution in [0.15, 0.2) is 18.2 Å². The molecule has 5 nitrogen and oxygen atoms in total. The van der Waals surface area contributed by atoms with E-state index in [0.29, 0.717) is 11.5 Å². The van der Waals surface area contributed by atoms with Gasteiger partial charge >= 0.3 is 0 Å². The maximum atomic E-state index is 10.8. The number of rotatable bonds is 4. The van der Waals surface area contributed by atoms with Crippen molar-refractivity contribution >= 4 is 11.4 Å². The summed E-state index contributed by atoms with van der Waals surface area (Å²) in [5, 5.41) is 14.1. The molecule has 2 rings (SSSR count). The molecule has 1 aromatic carbocycles. The molecule has 1 fully saturated rings. The Bertz CT molecular complexity index is 414. The zero-order valence-electron chi connectivity index (χ0n) is 9.81. The summed E-state index contributed by atoms with van der Waals surface area (Å²) in [6.45, 7) is 4.18. The van der Waals surface area contributed by atoms with Crippen LogP contribution in [0.4, 0.5) is 11.4 Å².